The molecule has 0 saturated heterocycles. The third-order valence-electron chi connectivity index (χ3n) is 4.31. The molecule has 2 amide bonds. The third-order valence-corrected chi connectivity index (χ3v) is 5.83. The van der Waals surface area contributed by atoms with E-state index in [2.05, 4.69) is 21.2 Å². The Hall–Kier alpha value is -1.99. The lowest BCUT2D eigenvalue weighted by atomic mass is 10.1. The van der Waals surface area contributed by atoms with Gasteiger partial charge in [0.15, 0.2) is 0 Å². The molecule has 1 unspecified atom stereocenters. The first kappa shape index (κ1) is 22.3. The molecule has 0 spiro atoms. The predicted molar refractivity (Wildman–Crippen MR) is 117 cm³/mol. The Morgan fingerprint density at radius 2 is 1.89 bits per heavy atom. The van der Waals surface area contributed by atoms with E-state index in [1.165, 1.54) is 0 Å². The molecule has 1 N–H and O–H groups in total. The molecule has 2 aromatic carbocycles. The zero-order valence-electron chi connectivity index (χ0n) is 16.3. The Morgan fingerprint density at radius 3 is 2.54 bits per heavy atom. The highest BCUT2D eigenvalue weighted by Crippen LogP contribution is 2.19. The van der Waals surface area contributed by atoms with Crippen molar-refractivity contribution in [3.05, 3.63) is 64.1 Å². The van der Waals surface area contributed by atoms with Crippen LogP contribution in [-0.4, -0.2) is 42.7 Å². The SMILES string of the molecule is CNC(=O)C(C)N(Cc1cccc(OC)c1)C(=O)CSCc1ccc(Br)cc1. The highest BCUT2D eigenvalue weighted by molar-refractivity contribution is 9.10. The number of methoxy groups -OCH3 is 1. The van der Waals surface area contributed by atoms with Crippen LogP contribution in [0.25, 0.3) is 0 Å². The van der Waals surface area contributed by atoms with Crippen LogP contribution in [0.2, 0.25) is 0 Å². The van der Waals surface area contributed by atoms with Crippen molar-refractivity contribution in [1.29, 1.82) is 0 Å². The van der Waals surface area contributed by atoms with Crippen LogP contribution in [0.1, 0.15) is 18.1 Å². The van der Waals surface area contributed by atoms with Gasteiger partial charge in [0, 0.05) is 23.8 Å². The van der Waals surface area contributed by atoms with Gasteiger partial charge in [0.2, 0.25) is 11.8 Å². The summed E-state index contributed by atoms with van der Waals surface area (Å²) in [7, 11) is 3.18. The number of rotatable bonds is 9. The fourth-order valence-electron chi connectivity index (χ4n) is 2.68. The first-order chi connectivity index (χ1) is 13.4. The highest BCUT2D eigenvalue weighted by atomic mass is 79.9. The monoisotopic (exact) mass is 464 g/mol. The highest BCUT2D eigenvalue weighted by Gasteiger charge is 2.25. The number of benzene rings is 2. The summed E-state index contributed by atoms with van der Waals surface area (Å²) >= 11 is 4.96. The summed E-state index contributed by atoms with van der Waals surface area (Å²) < 4.78 is 6.29. The van der Waals surface area contributed by atoms with Crippen molar-refractivity contribution >= 4 is 39.5 Å². The summed E-state index contributed by atoms with van der Waals surface area (Å²) in [4.78, 5) is 26.7. The van der Waals surface area contributed by atoms with Crippen LogP contribution >= 0.6 is 27.7 Å². The lowest BCUT2D eigenvalue weighted by Gasteiger charge is -2.28. The normalized spacial score (nSPS) is 11.6. The van der Waals surface area contributed by atoms with Crippen LogP contribution in [0, 0.1) is 0 Å². The van der Waals surface area contributed by atoms with Crippen molar-refractivity contribution in [2.45, 2.75) is 25.3 Å². The van der Waals surface area contributed by atoms with E-state index in [0.717, 1.165) is 27.1 Å². The molecule has 5 nitrogen and oxygen atoms in total. The Labute approximate surface area is 179 Å². The molecule has 7 heteroatoms. The van der Waals surface area contributed by atoms with Crippen molar-refractivity contribution in [1.82, 2.24) is 10.2 Å². The Kier molecular flexibility index (Phi) is 8.86. The van der Waals surface area contributed by atoms with Gasteiger partial charge in [-0.25, -0.2) is 0 Å². The van der Waals surface area contributed by atoms with Crippen LogP contribution < -0.4 is 10.1 Å². The Balaban J connectivity index is 2.05. The van der Waals surface area contributed by atoms with E-state index >= 15 is 0 Å². The zero-order valence-corrected chi connectivity index (χ0v) is 18.7. The Bertz CT molecular complexity index is 798. The van der Waals surface area contributed by atoms with Gasteiger partial charge in [0.1, 0.15) is 11.8 Å². The predicted octanol–water partition coefficient (Wildman–Crippen LogP) is 3.85. The molecule has 0 saturated carbocycles. The van der Waals surface area contributed by atoms with Crippen molar-refractivity contribution in [3.8, 4) is 5.75 Å². The van der Waals surface area contributed by atoms with E-state index in [-0.39, 0.29) is 11.8 Å². The number of halogens is 1. The maximum Gasteiger partial charge on any atom is 0.242 e. The van der Waals surface area contributed by atoms with Gasteiger partial charge in [-0.3, -0.25) is 9.59 Å². The van der Waals surface area contributed by atoms with E-state index < -0.39 is 6.04 Å². The minimum absolute atomic E-state index is 0.0685. The van der Waals surface area contributed by atoms with Gasteiger partial charge in [0.05, 0.1) is 12.9 Å². The van der Waals surface area contributed by atoms with Crippen molar-refractivity contribution in [3.63, 3.8) is 0 Å². The molecule has 1 atom stereocenters. The largest absolute Gasteiger partial charge is 0.497 e. The number of thioether (sulfide) groups is 1. The number of hydrogen-bond acceptors (Lipinski definition) is 4. The van der Waals surface area contributed by atoms with Gasteiger partial charge in [0.25, 0.3) is 0 Å². The van der Waals surface area contributed by atoms with E-state index in [1.54, 1.807) is 37.7 Å². The van der Waals surface area contributed by atoms with E-state index in [9.17, 15) is 9.59 Å². The smallest absolute Gasteiger partial charge is 0.242 e. The first-order valence-electron chi connectivity index (χ1n) is 8.90. The second-order valence-corrected chi connectivity index (χ2v) is 8.18. The zero-order chi connectivity index (χ0) is 20.5. The molecule has 2 aromatic rings. The molecule has 2 rings (SSSR count). The number of carbonyl (C=O) groups is 2. The summed E-state index contributed by atoms with van der Waals surface area (Å²) in [6, 6.07) is 15.0. The number of amides is 2. The molecule has 0 aliphatic rings. The van der Waals surface area contributed by atoms with Gasteiger partial charge < -0.3 is 15.0 Å². The van der Waals surface area contributed by atoms with Crippen LogP contribution in [0.3, 0.4) is 0 Å². The average Bonchev–Trinajstić information content (AvgIpc) is 2.72. The number of likely N-dealkylation sites (N-methyl/N-ethyl adjacent to an activating group) is 1. The fourth-order valence-corrected chi connectivity index (χ4v) is 3.81. The fraction of sp³-hybridized carbons (Fsp3) is 0.333. The second kappa shape index (κ2) is 11.1. The number of hydrogen-bond donors (Lipinski definition) is 1. The van der Waals surface area contributed by atoms with E-state index in [1.807, 2.05) is 48.5 Å². The molecule has 0 heterocycles. The minimum Gasteiger partial charge on any atom is -0.497 e. The number of nitrogens with one attached hydrogen (secondary N) is 1. The summed E-state index contributed by atoms with van der Waals surface area (Å²) in [5, 5.41) is 2.63. The van der Waals surface area contributed by atoms with Crippen molar-refractivity contribution in [2.24, 2.45) is 0 Å². The van der Waals surface area contributed by atoms with E-state index in [0.29, 0.717) is 12.3 Å². The average molecular weight is 465 g/mol. The molecule has 0 fully saturated rings. The van der Waals surface area contributed by atoms with Crippen LogP contribution in [0.4, 0.5) is 0 Å². The van der Waals surface area contributed by atoms with E-state index in [4.69, 9.17) is 4.74 Å². The molecular formula is C21H25BrN2O3S. The number of ether oxygens (including phenoxy) is 1. The van der Waals surface area contributed by atoms with Crippen molar-refractivity contribution in [2.75, 3.05) is 19.9 Å². The van der Waals surface area contributed by atoms with Crippen LogP contribution in [-0.2, 0) is 21.9 Å². The molecule has 0 aliphatic carbocycles. The molecule has 0 aromatic heterocycles. The maximum atomic E-state index is 12.9. The van der Waals surface area contributed by atoms with Gasteiger partial charge in [-0.1, -0.05) is 40.2 Å². The van der Waals surface area contributed by atoms with Crippen LogP contribution in [0.5, 0.6) is 5.75 Å². The van der Waals surface area contributed by atoms with Gasteiger partial charge >= 0.3 is 0 Å². The molecule has 0 radical (unpaired) electrons. The van der Waals surface area contributed by atoms with Gasteiger partial charge in [-0.15, -0.1) is 11.8 Å². The number of nitrogens with zero attached hydrogens (tertiary/aromatic N) is 1. The van der Waals surface area contributed by atoms with Gasteiger partial charge in [-0.2, -0.15) is 0 Å². The Morgan fingerprint density at radius 1 is 1.18 bits per heavy atom. The topological polar surface area (TPSA) is 58.6 Å². The quantitative estimate of drug-likeness (QED) is 0.611. The number of carbonyl (C=O) groups excluding carboxylic acids is 2. The lowest BCUT2D eigenvalue weighted by Crippen LogP contribution is -2.47. The summed E-state index contributed by atoms with van der Waals surface area (Å²) in [5.74, 6) is 1.51. The summed E-state index contributed by atoms with van der Waals surface area (Å²) in [6.07, 6.45) is 0. The molecule has 28 heavy (non-hydrogen) atoms. The lowest BCUT2D eigenvalue weighted by molar-refractivity contribution is -0.138. The maximum absolute atomic E-state index is 12.9. The molecular weight excluding hydrogens is 440 g/mol. The summed E-state index contributed by atoms with van der Waals surface area (Å²) in [6.45, 7) is 2.10. The standard InChI is InChI=1S/C21H25BrN2O3S/c1-15(21(26)23-2)24(12-17-5-4-6-19(11-17)27-3)20(25)14-28-13-16-7-9-18(22)10-8-16/h4-11,15H,12-14H2,1-3H3,(H,23,26). The molecule has 0 bridgehead atoms. The molecule has 150 valence electrons. The first-order valence-corrected chi connectivity index (χ1v) is 10.9. The molecule has 0 aliphatic heterocycles. The minimum atomic E-state index is -0.558. The van der Waals surface area contributed by atoms with Crippen LogP contribution in [0.15, 0.2) is 53.0 Å². The summed E-state index contributed by atoms with van der Waals surface area (Å²) in [5.41, 5.74) is 2.07. The second-order valence-electron chi connectivity index (χ2n) is 6.28. The third kappa shape index (κ3) is 6.56. The van der Waals surface area contributed by atoms with Crippen molar-refractivity contribution < 1.29 is 14.3 Å². The van der Waals surface area contributed by atoms with Gasteiger partial charge in [-0.05, 0) is 42.3 Å².